The number of carbonyl (C=O) groups excluding carboxylic acids is 4. The number of nitrogens with zero attached hydrogens (tertiary/aromatic N) is 2. The highest BCUT2D eigenvalue weighted by Crippen LogP contribution is 2.66. The van der Waals surface area contributed by atoms with Gasteiger partial charge in [-0.3, -0.25) is 19.3 Å². The molecule has 3 aliphatic rings. The Labute approximate surface area is 375 Å². The van der Waals surface area contributed by atoms with Crippen LogP contribution >= 0.6 is 0 Å². The zero-order chi connectivity index (χ0) is 46.0. The number of anilines is 1. The summed E-state index contributed by atoms with van der Waals surface area (Å²) >= 11 is 0. The molecule has 0 aliphatic carbocycles. The summed E-state index contributed by atoms with van der Waals surface area (Å²) in [6.07, 6.45) is -1.01. The largest absolute Gasteiger partial charge is 0.497 e. The molecular formula is C51H47N3O11. The molecule has 0 aromatic heterocycles. The summed E-state index contributed by atoms with van der Waals surface area (Å²) in [5.74, 6) is 0.587. The maximum Gasteiger partial charge on any atom is 0.329 e. The summed E-state index contributed by atoms with van der Waals surface area (Å²) in [6.45, 7) is 2.87. The van der Waals surface area contributed by atoms with E-state index in [0.717, 1.165) is 4.90 Å². The lowest BCUT2D eigenvalue weighted by Crippen LogP contribution is -2.56. The van der Waals surface area contributed by atoms with Crippen LogP contribution in [0.15, 0.2) is 127 Å². The number of ether oxygens (including phenoxy) is 4. The minimum Gasteiger partial charge on any atom is -0.497 e. The maximum absolute atomic E-state index is 16.2. The van der Waals surface area contributed by atoms with Crippen molar-refractivity contribution in [1.29, 1.82) is 0 Å². The Morgan fingerprint density at radius 2 is 1.45 bits per heavy atom. The molecular weight excluding hydrogens is 831 g/mol. The van der Waals surface area contributed by atoms with Crippen molar-refractivity contribution in [3.8, 4) is 23.3 Å². The number of urea groups is 1. The monoisotopic (exact) mass is 877 g/mol. The van der Waals surface area contributed by atoms with Crippen molar-refractivity contribution >= 4 is 35.5 Å². The molecule has 14 heteroatoms. The zero-order valence-corrected chi connectivity index (χ0v) is 36.0. The predicted octanol–water partition coefficient (Wildman–Crippen LogP) is 6.12. The number of hydrogen-bond acceptors (Lipinski definition) is 11. The molecule has 1 spiro atoms. The molecule has 3 aliphatic heterocycles. The van der Waals surface area contributed by atoms with Crippen molar-refractivity contribution < 1.29 is 53.1 Å². The van der Waals surface area contributed by atoms with Gasteiger partial charge in [-0.15, -0.1) is 0 Å². The molecule has 7 atom stereocenters. The Morgan fingerprint density at radius 1 is 0.815 bits per heavy atom. The maximum atomic E-state index is 16.2. The van der Waals surface area contributed by atoms with E-state index in [-0.39, 0.29) is 30.2 Å². The molecule has 332 valence electrons. The average Bonchev–Trinajstić information content (AvgIpc) is 3.78. The number of aliphatic carboxylic acids is 1. The van der Waals surface area contributed by atoms with Crippen LogP contribution in [0.25, 0.3) is 0 Å². The van der Waals surface area contributed by atoms with Crippen molar-refractivity contribution in [3.63, 3.8) is 0 Å². The highest BCUT2D eigenvalue weighted by Gasteiger charge is 2.76. The lowest BCUT2D eigenvalue weighted by molar-refractivity contribution is -0.179. The molecule has 0 bridgehead atoms. The summed E-state index contributed by atoms with van der Waals surface area (Å²) in [4.78, 5) is 76.0. The summed E-state index contributed by atoms with van der Waals surface area (Å²) in [5, 5.41) is 24.3. The average molecular weight is 878 g/mol. The van der Waals surface area contributed by atoms with Crippen LogP contribution in [0.4, 0.5) is 10.5 Å². The van der Waals surface area contributed by atoms with Gasteiger partial charge in [0, 0.05) is 16.7 Å². The topological polar surface area (TPSA) is 181 Å². The van der Waals surface area contributed by atoms with E-state index in [1.165, 1.54) is 13.2 Å². The van der Waals surface area contributed by atoms with E-state index in [1.807, 2.05) is 48.5 Å². The van der Waals surface area contributed by atoms with E-state index in [9.17, 15) is 29.4 Å². The highest BCUT2D eigenvalue weighted by atomic mass is 16.6. The molecule has 5 aromatic carbocycles. The molecule has 0 saturated carbocycles. The number of rotatable bonds is 11. The lowest BCUT2D eigenvalue weighted by atomic mass is 9.65. The molecule has 0 radical (unpaired) electrons. The number of aliphatic hydroxyl groups excluding tert-OH is 1. The lowest BCUT2D eigenvalue weighted by Gasteiger charge is -2.46. The van der Waals surface area contributed by atoms with Gasteiger partial charge < -0.3 is 34.5 Å². The van der Waals surface area contributed by atoms with Gasteiger partial charge in [-0.05, 0) is 71.1 Å². The molecule has 3 amide bonds. The Morgan fingerprint density at radius 3 is 2.08 bits per heavy atom. The number of cyclic esters (lactones) is 1. The normalized spacial score (nSPS) is 22.6. The number of nitrogens with one attached hydrogen (secondary N) is 1. The van der Waals surface area contributed by atoms with Crippen LogP contribution in [0.2, 0.25) is 0 Å². The number of para-hydroxylation sites is 1. The quantitative estimate of drug-likeness (QED) is 0.102. The number of carbonyl (C=O) groups is 5. The van der Waals surface area contributed by atoms with Crippen LogP contribution < -0.4 is 19.7 Å². The number of aliphatic hydroxyl groups is 1. The number of amides is 3. The van der Waals surface area contributed by atoms with Crippen molar-refractivity contribution in [2.24, 2.45) is 11.8 Å². The SMILES string of the molecule is COC(=O)[C@@H](NC(=O)N1C(=O)[C@@]2(c3cc(C#Cc4ccc(OC)cc4)ccc31)[C@H](c1ccccc1OCCO)N1[C@H](c3ccccc3)[C@H](c3ccccc3)OC(=O)[C@H]1[C@@H]2C(=O)O)C(C)C. The summed E-state index contributed by atoms with van der Waals surface area (Å²) in [5.41, 5.74) is 0.389. The van der Waals surface area contributed by atoms with Crippen LogP contribution in [0, 0.1) is 23.7 Å². The molecule has 14 nitrogen and oxygen atoms in total. The second-order valence-corrected chi connectivity index (χ2v) is 16.3. The van der Waals surface area contributed by atoms with Gasteiger partial charge >= 0.3 is 23.9 Å². The first-order valence-electron chi connectivity index (χ1n) is 21.1. The fourth-order valence-electron chi connectivity index (χ4n) is 9.57. The van der Waals surface area contributed by atoms with E-state index in [4.69, 9.17) is 18.9 Å². The number of fused-ring (bicyclic) bond motifs is 3. The molecule has 2 fully saturated rings. The third-order valence-corrected chi connectivity index (χ3v) is 12.3. The second-order valence-electron chi connectivity index (χ2n) is 16.3. The number of carboxylic acid groups (broad SMARTS) is 1. The first-order chi connectivity index (χ1) is 31.5. The van der Waals surface area contributed by atoms with Crippen LogP contribution in [0.5, 0.6) is 11.5 Å². The number of imide groups is 1. The fraction of sp³-hybridized carbons (Fsp3) is 0.275. The van der Waals surface area contributed by atoms with Gasteiger partial charge in [-0.25, -0.2) is 14.5 Å². The number of methoxy groups -OCH3 is 2. The Kier molecular flexibility index (Phi) is 12.4. The van der Waals surface area contributed by atoms with E-state index < -0.39 is 77.4 Å². The third-order valence-electron chi connectivity index (χ3n) is 12.3. The number of carboxylic acids is 1. The highest BCUT2D eigenvalue weighted by molar-refractivity contribution is 6.25. The van der Waals surface area contributed by atoms with Gasteiger partial charge in [-0.2, -0.15) is 0 Å². The van der Waals surface area contributed by atoms with Crippen LogP contribution in [-0.4, -0.2) is 84.5 Å². The smallest absolute Gasteiger partial charge is 0.329 e. The standard InChI is InChI=1S/C51H47N3O11/c1-30(2)41(47(58)63-4)52-50(61)53-38-26-23-32(20-19-31-21-24-35(62-3)25-22-31)29-37(38)51(49(53)60)40(46(56)57)43-48(59)65-44(34-15-9-6-10-16-34)42(33-13-7-5-8-14-33)54(43)45(51)36-17-11-12-18-39(36)64-28-27-55/h5-18,21-26,29-30,40-45,55H,27-28H2,1-4H3,(H,52,61)(H,56,57)/t40-,41+,42-,43-,44+,45+,51-/m1/s1. The third kappa shape index (κ3) is 7.72. The van der Waals surface area contributed by atoms with Gasteiger partial charge in [0.25, 0.3) is 0 Å². The fourth-order valence-corrected chi connectivity index (χ4v) is 9.57. The van der Waals surface area contributed by atoms with Crippen molar-refractivity contribution in [1.82, 2.24) is 10.2 Å². The molecule has 65 heavy (non-hydrogen) atoms. The second kappa shape index (κ2) is 18.3. The zero-order valence-electron chi connectivity index (χ0n) is 36.0. The Balaban J connectivity index is 1.45. The number of hydrogen-bond donors (Lipinski definition) is 3. The van der Waals surface area contributed by atoms with Crippen LogP contribution in [0.3, 0.4) is 0 Å². The minimum atomic E-state index is -2.30. The van der Waals surface area contributed by atoms with Crippen LogP contribution in [0.1, 0.15) is 65.4 Å². The number of esters is 2. The van der Waals surface area contributed by atoms with Crippen molar-refractivity contribution in [2.45, 2.75) is 49.5 Å². The predicted molar refractivity (Wildman–Crippen MR) is 237 cm³/mol. The van der Waals surface area contributed by atoms with Gasteiger partial charge in [-0.1, -0.05) is 105 Å². The summed E-state index contributed by atoms with van der Waals surface area (Å²) in [7, 11) is 2.74. The van der Waals surface area contributed by atoms with Gasteiger partial charge in [0.2, 0.25) is 5.91 Å². The Bertz CT molecular complexity index is 2680. The molecule has 2 saturated heterocycles. The molecule has 3 heterocycles. The molecule has 0 unspecified atom stereocenters. The minimum absolute atomic E-state index is 0.0176. The van der Waals surface area contributed by atoms with Crippen molar-refractivity contribution in [2.75, 3.05) is 32.3 Å². The van der Waals surface area contributed by atoms with Crippen LogP contribution in [-0.2, 0) is 34.1 Å². The van der Waals surface area contributed by atoms with Gasteiger partial charge in [0.05, 0.1) is 38.6 Å². The first-order valence-corrected chi connectivity index (χ1v) is 21.1. The summed E-state index contributed by atoms with van der Waals surface area (Å²) < 4.78 is 22.9. The van der Waals surface area contributed by atoms with E-state index >= 15 is 4.79 Å². The molecule has 3 N–H and O–H groups in total. The molecule has 8 rings (SSSR count). The van der Waals surface area contributed by atoms with E-state index in [1.54, 1.807) is 98.7 Å². The molecule has 5 aromatic rings. The number of morpholine rings is 1. The number of benzene rings is 5. The first kappa shape index (κ1) is 44.1. The van der Waals surface area contributed by atoms with E-state index in [0.29, 0.717) is 33.6 Å². The summed E-state index contributed by atoms with van der Waals surface area (Å²) in [6, 6.07) is 30.6. The Hall–Kier alpha value is -7.47. The van der Waals surface area contributed by atoms with Gasteiger partial charge in [0.15, 0.2) is 0 Å². The van der Waals surface area contributed by atoms with Gasteiger partial charge in [0.1, 0.15) is 47.6 Å². The van der Waals surface area contributed by atoms with E-state index in [2.05, 4.69) is 17.2 Å². The van der Waals surface area contributed by atoms with Crippen molar-refractivity contribution in [3.05, 3.63) is 161 Å².